The minimum Gasteiger partial charge on any atom is -0.396 e. The molecule has 1 aliphatic carbocycles. The van der Waals surface area contributed by atoms with Crippen molar-refractivity contribution < 1.29 is 15.3 Å². The summed E-state index contributed by atoms with van der Waals surface area (Å²) in [6, 6.07) is 0. The van der Waals surface area contributed by atoms with Crippen LogP contribution in [0.5, 0.6) is 0 Å². The van der Waals surface area contributed by atoms with Gasteiger partial charge < -0.3 is 15.3 Å². The van der Waals surface area contributed by atoms with Crippen LogP contribution in [0, 0.1) is 23.7 Å². The van der Waals surface area contributed by atoms with Gasteiger partial charge in [-0.15, -0.1) is 0 Å². The van der Waals surface area contributed by atoms with Crippen molar-refractivity contribution in [3.63, 3.8) is 0 Å². The van der Waals surface area contributed by atoms with Gasteiger partial charge in [-0.25, -0.2) is 0 Å². The molecule has 3 N–H and O–H groups in total. The number of rotatable bonds is 15. The molecule has 3 heteroatoms. The Hall–Kier alpha value is -0.120. The van der Waals surface area contributed by atoms with Crippen molar-refractivity contribution in [1.82, 2.24) is 0 Å². The van der Waals surface area contributed by atoms with Gasteiger partial charge in [-0.3, -0.25) is 0 Å². The van der Waals surface area contributed by atoms with Gasteiger partial charge in [0.1, 0.15) is 0 Å². The summed E-state index contributed by atoms with van der Waals surface area (Å²) in [6.45, 7) is 7.07. The monoisotopic (exact) mass is 384 g/mol. The Balaban J connectivity index is 2.13. The van der Waals surface area contributed by atoms with Gasteiger partial charge in [-0.2, -0.15) is 0 Å². The SMILES string of the molecule is CC(C)CCCC(C)CCCC1CCC(CCC(O)(CCO)CCO)CC1. The lowest BCUT2D eigenvalue weighted by molar-refractivity contribution is -0.0182. The van der Waals surface area contributed by atoms with Crippen LogP contribution in [0.2, 0.25) is 0 Å². The molecule has 0 bridgehead atoms. The highest BCUT2D eigenvalue weighted by atomic mass is 16.3. The van der Waals surface area contributed by atoms with Crippen LogP contribution in [0.1, 0.15) is 111 Å². The molecule has 0 amide bonds. The number of hydrogen-bond donors (Lipinski definition) is 3. The van der Waals surface area contributed by atoms with E-state index in [0.29, 0.717) is 12.8 Å². The van der Waals surface area contributed by atoms with Crippen molar-refractivity contribution in [3.05, 3.63) is 0 Å². The zero-order valence-electron chi connectivity index (χ0n) is 18.5. The quantitative estimate of drug-likeness (QED) is 0.339. The van der Waals surface area contributed by atoms with Gasteiger partial charge in [-0.1, -0.05) is 85.0 Å². The minimum atomic E-state index is -0.869. The third kappa shape index (κ3) is 11.5. The Labute approximate surface area is 169 Å². The fourth-order valence-electron chi connectivity index (χ4n) is 4.85. The van der Waals surface area contributed by atoms with Crippen LogP contribution in [0.25, 0.3) is 0 Å². The average molecular weight is 385 g/mol. The van der Waals surface area contributed by atoms with E-state index >= 15 is 0 Å². The molecule has 1 rings (SSSR count). The zero-order valence-corrected chi connectivity index (χ0v) is 18.5. The van der Waals surface area contributed by atoms with Crippen LogP contribution < -0.4 is 0 Å². The highest BCUT2D eigenvalue weighted by molar-refractivity contribution is 4.81. The van der Waals surface area contributed by atoms with E-state index in [1.165, 1.54) is 64.2 Å². The highest BCUT2D eigenvalue weighted by Crippen LogP contribution is 2.36. The smallest absolute Gasteiger partial charge is 0.0691 e. The van der Waals surface area contributed by atoms with E-state index in [0.717, 1.165) is 36.5 Å². The van der Waals surface area contributed by atoms with Crippen molar-refractivity contribution in [2.75, 3.05) is 13.2 Å². The second-order valence-electron chi connectivity index (χ2n) is 9.96. The topological polar surface area (TPSA) is 60.7 Å². The third-order valence-corrected chi connectivity index (χ3v) is 6.93. The molecule has 0 aliphatic heterocycles. The molecule has 1 unspecified atom stereocenters. The first-order valence-corrected chi connectivity index (χ1v) is 11.8. The van der Waals surface area contributed by atoms with Crippen LogP contribution in [0.15, 0.2) is 0 Å². The molecule has 0 aromatic heterocycles. The molecule has 0 radical (unpaired) electrons. The van der Waals surface area contributed by atoms with Gasteiger partial charge >= 0.3 is 0 Å². The summed E-state index contributed by atoms with van der Waals surface area (Å²) >= 11 is 0. The maximum absolute atomic E-state index is 10.5. The van der Waals surface area contributed by atoms with Crippen LogP contribution in [-0.2, 0) is 0 Å². The predicted octanol–water partition coefficient (Wildman–Crippen LogP) is 5.70. The molecule has 162 valence electrons. The van der Waals surface area contributed by atoms with E-state index in [9.17, 15) is 5.11 Å². The molecule has 1 aliphatic rings. The van der Waals surface area contributed by atoms with Gasteiger partial charge in [0, 0.05) is 13.2 Å². The fourth-order valence-corrected chi connectivity index (χ4v) is 4.85. The maximum atomic E-state index is 10.5. The lowest BCUT2D eigenvalue weighted by Gasteiger charge is -2.32. The molecule has 0 spiro atoms. The standard InChI is InChI=1S/C24H48O3/c1-20(2)6-4-7-21(3)8-5-9-22-10-12-23(13-11-22)14-15-24(27,16-18-25)17-19-26/h20-23,25-27H,4-19H2,1-3H3. The molecule has 1 fully saturated rings. The Bertz CT molecular complexity index is 342. The molecule has 0 saturated heterocycles. The second-order valence-corrected chi connectivity index (χ2v) is 9.96. The van der Waals surface area contributed by atoms with Crippen molar-refractivity contribution >= 4 is 0 Å². The molecule has 0 heterocycles. The summed E-state index contributed by atoms with van der Waals surface area (Å²) in [4.78, 5) is 0. The first-order valence-electron chi connectivity index (χ1n) is 11.8. The lowest BCUT2D eigenvalue weighted by atomic mass is 9.76. The van der Waals surface area contributed by atoms with E-state index in [1.807, 2.05) is 0 Å². The fraction of sp³-hybridized carbons (Fsp3) is 1.00. The van der Waals surface area contributed by atoms with Gasteiger partial charge in [-0.05, 0) is 49.4 Å². The molecule has 1 atom stereocenters. The Morgan fingerprint density at radius 1 is 0.741 bits per heavy atom. The lowest BCUT2D eigenvalue weighted by Crippen LogP contribution is -2.32. The minimum absolute atomic E-state index is 0.000860. The summed E-state index contributed by atoms with van der Waals surface area (Å²) in [6.07, 6.45) is 16.2. The predicted molar refractivity (Wildman–Crippen MR) is 115 cm³/mol. The van der Waals surface area contributed by atoms with Crippen LogP contribution >= 0.6 is 0 Å². The van der Waals surface area contributed by atoms with Crippen LogP contribution in [0.3, 0.4) is 0 Å². The number of aliphatic hydroxyl groups excluding tert-OH is 2. The van der Waals surface area contributed by atoms with Crippen molar-refractivity contribution in [2.24, 2.45) is 23.7 Å². The van der Waals surface area contributed by atoms with Crippen LogP contribution in [-0.4, -0.2) is 34.1 Å². The van der Waals surface area contributed by atoms with Crippen LogP contribution in [0.4, 0.5) is 0 Å². The van der Waals surface area contributed by atoms with E-state index in [1.54, 1.807) is 0 Å². The Morgan fingerprint density at radius 2 is 1.26 bits per heavy atom. The summed E-state index contributed by atoms with van der Waals surface area (Å²) < 4.78 is 0. The van der Waals surface area contributed by atoms with E-state index < -0.39 is 5.60 Å². The summed E-state index contributed by atoms with van der Waals surface area (Å²) in [5.74, 6) is 3.37. The molecule has 3 nitrogen and oxygen atoms in total. The first-order chi connectivity index (χ1) is 12.9. The molecule has 1 saturated carbocycles. The second kappa shape index (κ2) is 14.0. The van der Waals surface area contributed by atoms with Gasteiger partial charge in [0.2, 0.25) is 0 Å². The molecule has 27 heavy (non-hydrogen) atoms. The van der Waals surface area contributed by atoms with E-state index in [-0.39, 0.29) is 13.2 Å². The first kappa shape index (κ1) is 24.9. The Kier molecular flexibility index (Phi) is 12.9. The van der Waals surface area contributed by atoms with Gasteiger partial charge in [0.05, 0.1) is 5.60 Å². The third-order valence-electron chi connectivity index (χ3n) is 6.93. The van der Waals surface area contributed by atoms with E-state index in [4.69, 9.17) is 10.2 Å². The van der Waals surface area contributed by atoms with Crippen molar-refractivity contribution in [3.8, 4) is 0 Å². The largest absolute Gasteiger partial charge is 0.396 e. The van der Waals surface area contributed by atoms with Crippen molar-refractivity contribution in [1.29, 1.82) is 0 Å². The Morgan fingerprint density at radius 3 is 1.78 bits per heavy atom. The number of hydrogen-bond acceptors (Lipinski definition) is 3. The summed E-state index contributed by atoms with van der Waals surface area (Å²) in [5, 5.41) is 28.8. The number of aliphatic hydroxyl groups is 3. The molecular formula is C24H48O3. The van der Waals surface area contributed by atoms with E-state index in [2.05, 4.69) is 20.8 Å². The highest BCUT2D eigenvalue weighted by Gasteiger charge is 2.28. The van der Waals surface area contributed by atoms with Gasteiger partial charge in [0.15, 0.2) is 0 Å². The average Bonchev–Trinajstić information content (AvgIpc) is 2.61. The molecular weight excluding hydrogens is 336 g/mol. The van der Waals surface area contributed by atoms with Gasteiger partial charge in [0.25, 0.3) is 0 Å². The molecule has 0 aromatic rings. The summed E-state index contributed by atoms with van der Waals surface area (Å²) in [5.41, 5.74) is -0.869. The molecule has 0 aromatic carbocycles. The normalized spacial score (nSPS) is 22.3. The summed E-state index contributed by atoms with van der Waals surface area (Å²) in [7, 11) is 0. The maximum Gasteiger partial charge on any atom is 0.0691 e. The van der Waals surface area contributed by atoms with Crippen molar-refractivity contribution in [2.45, 2.75) is 116 Å². The zero-order chi connectivity index (χ0) is 20.1.